The second kappa shape index (κ2) is 6.73. The van der Waals surface area contributed by atoms with Crippen LogP contribution in [0.3, 0.4) is 0 Å². The number of fused-ring (bicyclic) bond motifs is 1. The number of hydrogen-bond donors (Lipinski definition) is 2. The van der Waals surface area contributed by atoms with E-state index in [2.05, 4.69) is 35.2 Å². The molecule has 4 N–H and O–H groups in total. The highest BCUT2D eigenvalue weighted by Crippen LogP contribution is 2.36. The SMILES string of the molecule is Nc1c(C2CCN(Cc3ccccc3)CC2)nc2ccccc2c1N. The molecule has 25 heavy (non-hydrogen) atoms. The molecule has 0 saturated carbocycles. The summed E-state index contributed by atoms with van der Waals surface area (Å²) in [6.07, 6.45) is 2.14. The summed E-state index contributed by atoms with van der Waals surface area (Å²) < 4.78 is 0. The van der Waals surface area contributed by atoms with E-state index in [0.717, 1.165) is 49.1 Å². The molecule has 3 aromatic rings. The van der Waals surface area contributed by atoms with Crippen LogP contribution in [-0.2, 0) is 6.54 Å². The Bertz CT molecular complexity index is 868. The molecule has 0 spiro atoms. The van der Waals surface area contributed by atoms with Crippen LogP contribution in [-0.4, -0.2) is 23.0 Å². The number of aromatic nitrogens is 1. The summed E-state index contributed by atoms with van der Waals surface area (Å²) in [6.45, 7) is 3.14. The molecule has 4 rings (SSSR count). The summed E-state index contributed by atoms with van der Waals surface area (Å²) in [5.41, 5.74) is 17.2. The van der Waals surface area contributed by atoms with Crippen molar-refractivity contribution in [3.63, 3.8) is 0 Å². The summed E-state index contributed by atoms with van der Waals surface area (Å²) in [7, 11) is 0. The molecule has 4 nitrogen and oxygen atoms in total. The molecule has 1 aliphatic heterocycles. The zero-order chi connectivity index (χ0) is 17.2. The Morgan fingerprint density at radius 2 is 1.56 bits per heavy atom. The number of piperidine rings is 1. The van der Waals surface area contributed by atoms with Crippen LogP contribution in [0.5, 0.6) is 0 Å². The van der Waals surface area contributed by atoms with Gasteiger partial charge in [0.25, 0.3) is 0 Å². The van der Waals surface area contributed by atoms with Gasteiger partial charge in [0.2, 0.25) is 0 Å². The van der Waals surface area contributed by atoms with Gasteiger partial charge in [-0.1, -0.05) is 48.5 Å². The van der Waals surface area contributed by atoms with E-state index in [9.17, 15) is 0 Å². The minimum atomic E-state index is 0.388. The first-order chi connectivity index (χ1) is 12.2. The predicted octanol–water partition coefficient (Wildman–Crippen LogP) is 3.78. The van der Waals surface area contributed by atoms with Crippen molar-refractivity contribution in [2.75, 3.05) is 24.6 Å². The lowest BCUT2D eigenvalue weighted by Gasteiger charge is -2.32. The standard InChI is InChI=1S/C21H24N4/c22-19-17-8-4-5-9-18(17)24-21(20(19)23)16-10-12-25(13-11-16)14-15-6-2-1-3-7-15/h1-9,16H,10-14,23H2,(H2,22,24). The van der Waals surface area contributed by atoms with E-state index in [1.165, 1.54) is 5.56 Å². The minimum absolute atomic E-state index is 0.388. The van der Waals surface area contributed by atoms with Gasteiger partial charge in [-0.3, -0.25) is 9.88 Å². The van der Waals surface area contributed by atoms with Crippen LogP contribution >= 0.6 is 0 Å². The molecule has 2 aromatic carbocycles. The number of anilines is 2. The first-order valence-corrected chi connectivity index (χ1v) is 8.92. The Hall–Kier alpha value is -2.59. The highest BCUT2D eigenvalue weighted by molar-refractivity contribution is 5.96. The van der Waals surface area contributed by atoms with Crippen LogP contribution in [0.4, 0.5) is 11.4 Å². The van der Waals surface area contributed by atoms with Crippen molar-refractivity contribution in [3.8, 4) is 0 Å². The number of nitrogens with two attached hydrogens (primary N) is 2. The van der Waals surface area contributed by atoms with Crippen molar-refractivity contribution in [2.45, 2.75) is 25.3 Å². The molecule has 2 heterocycles. The Kier molecular flexibility index (Phi) is 4.28. The quantitative estimate of drug-likeness (QED) is 0.766. The van der Waals surface area contributed by atoms with Gasteiger partial charge in [0.15, 0.2) is 0 Å². The lowest BCUT2D eigenvalue weighted by atomic mass is 9.91. The summed E-state index contributed by atoms with van der Waals surface area (Å²) in [4.78, 5) is 7.35. The van der Waals surface area contributed by atoms with Crippen LogP contribution < -0.4 is 11.5 Å². The van der Waals surface area contributed by atoms with Gasteiger partial charge in [-0.05, 0) is 37.6 Å². The van der Waals surface area contributed by atoms with Gasteiger partial charge >= 0.3 is 0 Å². The van der Waals surface area contributed by atoms with Gasteiger partial charge in [-0.2, -0.15) is 0 Å². The normalized spacial score (nSPS) is 16.3. The van der Waals surface area contributed by atoms with Crippen LogP contribution in [0.15, 0.2) is 54.6 Å². The predicted molar refractivity (Wildman–Crippen MR) is 104 cm³/mol. The second-order valence-electron chi connectivity index (χ2n) is 6.88. The Morgan fingerprint density at radius 1 is 0.880 bits per heavy atom. The number of nitrogens with zero attached hydrogens (tertiary/aromatic N) is 2. The largest absolute Gasteiger partial charge is 0.396 e. The zero-order valence-corrected chi connectivity index (χ0v) is 14.4. The number of pyridine rings is 1. The maximum atomic E-state index is 6.34. The molecular weight excluding hydrogens is 308 g/mol. The van der Waals surface area contributed by atoms with Gasteiger partial charge in [0.05, 0.1) is 22.6 Å². The lowest BCUT2D eigenvalue weighted by molar-refractivity contribution is 0.203. The van der Waals surface area contributed by atoms with Crippen molar-refractivity contribution in [1.82, 2.24) is 9.88 Å². The topological polar surface area (TPSA) is 68.2 Å². The summed E-state index contributed by atoms with van der Waals surface area (Å²) >= 11 is 0. The van der Waals surface area contributed by atoms with Gasteiger partial charge in [0.1, 0.15) is 0 Å². The Balaban J connectivity index is 1.51. The van der Waals surface area contributed by atoms with Gasteiger partial charge < -0.3 is 11.5 Å². The third-order valence-corrected chi connectivity index (χ3v) is 5.22. The van der Waals surface area contributed by atoms with Crippen LogP contribution in [0.2, 0.25) is 0 Å². The van der Waals surface area contributed by atoms with Crippen LogP contribution in [0.25, 0.3) is 10.9 Å². The third kappa shape index (κ3) is 3.17. The number of para-hydroxylation sites is 1. The zero-order valence-electron chi connectivity index (χ0n) is 14.4. The van der Waals surface area contributed by atoms with E-state index < -0.39 is 0 Å². The van der Waals surface area contributed by atoms with E-state index in [1.54, 1.807) is 0 Å². The van der Waals surface area contributed by atoms with Crippen molar-refractivity contribution in [1.29, 1.82) is 0 Å². The maximum absolute atomic E-state index is 6.34. The van der Waals surface area contributed by atoms with Crippen molar-refractivity contribution in [2.24, 2.45) is 0 Å². The number of benzene rings is 2. The first kappa shape index (κ1) is 15.9. The van der Waals surface area contributed by atoms with Crippen molar-refractivity contribution >= 4 is 22.3 Å². The molecule has 0 atom stereocenters. The molecule has 1 fully saturated rings. The molecule has 1 aliphatic rings. The number of nitrogen functional groups attached to an aromatic ring is 2. The number of hydrogen-bond acceptors (Lipinski definition) is 4. The minimum Gasteiger partial charge on any atom is -0.396 e. The van der Waals surface area contributed by atoms with Crippen LogP contribution in [0, 0.1) is 0 Å². The highest BCUT2D eigenvalue weighted by atomic mass is 15.1. The van der Waals surface area contributed by atoms with Gasteiger partial charge in [-0.15, -0.1) is 0 Å². The molecule has 0 radical (unpaired) electrons. The molecular formula is C21H24N4. The lowest BCUT2D eigenvalue weighted by Crippen LogP contribution is -2.33. The fraction of sp³-hybridized carbons (Fsp3) is 0.286. The van der Waals surface area contributed by atoms with E-state index >= 15 is 0 Å². The molecule has 0 amide bonds. The maximum Gasteiger partial charge on any atom is 0.0776 e. The fourth-order valence-electron chi connectivity index (χ4n) is 3.79. The summed E-state index contributed by atoms with van der Waals surface area (Å²) in [5.74, 6) is 0.388. The smallest absolute Gasteiger partial charge is 0.0776 e. The molecule has 0 bridgehead atoms. The van der Waals surface area contributed by atoms with E-state index in [4.69, 9.17) is 16.5 Å². The van der Waals surface area contributed by atoms with Crippen molar-refractivity contribution < 1.29 is 0 Å². The van der Waals surface area contributed by atoms with E-state index in [1.807, 2.05) is 24.3 Å². The molecule has 1 aromatic heterocycles. The molecule has 0 unspecified atom stereocenters. The second-order valence-corrected chi connectivity index (χ2v) is 6.88. The highest BCUT2D eigenvalue weighted by Gasteiger charge is 2.24. The van der Waals surface area contributed by atoms with E-state index in [0.29, 0.717) is 17.3 Å². The molecule has 0 aliphatic carbocycles. The monoisotopic (exact) mass is 332 g/mol. The summed E-state index contributed by atoms with van der Waals surface area (Å²) in [6, 6.07) is 18.6. The fourth-order valence-corrected chi connectivity index (χ4v) is 3.79. The van der Waals surface area contributed by atoms with Gasteiger partial charge in [0, 0.05) is 17.8 Å². The first-order valence-electron chi connectivity index (χ1n) is 8.92. The summed E-state index contributed by atoms with van der Waals surface area (Å²) in [5, 5.41) is 0.949. The third-order valence-electron chi connectivity index (χ3n) is 5.22. The van der Waals surface area contributed by atoms with Crippen molar-refractivity contribution in [3.05, 3.63) is 65.9 Å². The Labute approximate surface area is 148 Å². The average molecular weight is 332 g/mol. The molecule has 1 saturated heterocycles. The Morgan fingerprint density at radius 3 is 2.32 bits per heavy atom. The average Bonchev–Trinajstić information content (AvgIpc) is 2.66. The van der Waals surface area contributed by atoms with E-state index in [-0.39, 0.29) is 0 Å². The number of likely N-dealkylation sites (tertiary alicyclic amines) is 1. The molecule has 128 valence electrons. The van der Waals surface area contributed by atoms with Crippen LogP contribution in [0.1, 0.15) is 30.0 Å². The number of rotatable bonds is 3. The van der Waals surface area contributed by atoms with Gasteiger partial charge in [-0.25, -0.2) is 0 Å². The molecule has 4 heteroatoms.